The number of benzene rings is 1. The lowest BCUT2D eigenvalue weighted by atomic mass is 9.99. The monoisotopic (exact) mass is 237 g/mol. The van der Waals surface area contributed by atoms with Gasteiger partial charge in [0.1, 0.15) is 11.4 Å². The van der Waals surface area contributed by atoms with E-state index in [0.717, 1.165) is 0 Å². The molecule has 1 amide bonds. The fourth-order valence-electron chi connectivity index (χ4n) is 1.62. The lowest BCUT2D eigenvalue weighted by Gasteiger charge is -2.22. The first-order chi connectivity index (χ1) is 7.88. The first-order valence-electron chi connectivity index (χ1n) is 5.71. The van der Waals surface area contributed by atoms with E-state index in [1.54, 1.807) is 25.1 Å². The SMILES string of the molecule is CCC[C@@](C)(O)C(=O)Nc1cccc(C)c1O. The Morgan fingerprint density at radius 3 is 2.71 bits per heavy atom. The maximum absolute atomic E-state index is 11.8. The summed E-state index contributed by atoms with van der Waals surface area (Å²) < 4.78 is 0. The van der Waals surface area contributed by atoms with E-state index in [1.165, 1.54) is 6.92 Å². The second-order valence-corrected chi connectivity index (χ2v) is 4.45. The van der Waals surface area contributed by atoms with Gasteiger partial charge in [-0.2, -0.15) is 0 Å². The number of aliphatic hydroxyl groups is 1. The van der Waals surface area contributed by atoms with Gasteiger partial charge in [0.2, 0.25) is 0 Å². The smallest absolute Gasteiger partial charge is 0.256 e. The van der Waals surface area contributed by atoms with Gasteiger partial charge in [0.25, 0.3) is 5.91 Å². The molecule has 0 fully saturated rings. The number of para-hydroxylation sites is 1. The highest BCUT2D eigenvalue weighted by Crippen LogP contribution is 2.27. The van der Waals surface area contributed by atoms with Gasteiger partial charge in [0, 0.05) is 0 Å². The molecule has 0 unspecified atom stereocenters. The van der Waals surface area contributed by atoms with E-state index < -0.39 is 11.5 Å². The molecule has 3 N–H and O–H groups in total. The number of phenolic OH excluding ortho intramolecular Hbond substituents is 1. The highest BCUT2D eigenvalue weighted by Gasteiger charge is 2.29. The zero-order valence-electron chi connectivity index (χ0n) is 10.4. The van der Waals surface area contributed by atoms with Crippen molar-refractivity contribution < 1.29 is 15.0 Å². The van der Waals surface area contributed by atoms with Gasteiger partial charge in [-0.25, -0.2) is 0 Å². The van der Waals surface area contributed by atoms with Crippen molar-refractivity contribution in [3.05, 3.63) is 23.8 Å². The van der Waals surface area contributed by atoms with Crippen LogP contribution in [0.5, 0.6) is 5.75 Å². The van der Waals surface area contributed by atoms with Gasteiger partial charge < -0.3 is 15.5 Å². The fourth-order valence-corrected chi connectivity index (χ4v) is 1.62. The molecule has 0 aliphatic carbocycles. The van der Waals surface area contributed by atoms with Crippen LogP contribution >= 0.6 is 0 Å². The molecule has 0 heterocycles. The molecule has 1 aromatic rings. The highest BCUT2D eigenvalue weighted by atomic mass is 16.3. The number of hydrogen-bond acceptors (Lipinski definition) is 3. The molecule has 0 saturated carbocycles. The Balaban J connectivity index is 2.85. The topological polar surface area (TPSA) is 69.6 Å². The molecule has 0 bridgehead atoms. The van der Waals surface area contributed by atoms with Crippen LogP contribution in [0.15, 0.2) is 18.2 Å². The molecule has 0 aliphatic heterocycles. The molecular formula is C13H19NO3. The highest BCUT2D eigenvalue weighted by molar-refractivity contribution is 5.98. The quantitative estimate of drug-likeness (QED) is 0.703. The van der Waals surface area contributed by atoms with Gasteiger partial charge in [0.05, 0.1) is 5.69 Å². The lowest BCUT2D eigenvalue weighted by Crippen LogP contribution is -2.39. The Hall–Kier alpha value is -1.55. The summed E-state index contributed by atoms with van der Waals surface area (Å²) in [5.41, 5.74) is -0.408. The van der Waals surface area contributed by atoms with E-state index in [4.69, 9.17) is 0 Å². The molecular weight excluding hydrogens is 218 g/mol. The average Bonchev–Trinajstić information content (AvgIpc) is 2.24. The summed E-state index contributed by atoms with van der Waals surface area (Å²) in [4.78, 5) is 11.8. The molecule has 0 radical (unpaired) electrons. The number of rotatable bonds is 4. The lowest BCUT2D eigenvalue weighted by molar-refractivity contribution is -0.133. The molecule has 1 atom stereocenters. The first-order valence-corrected chi connectivity index (χ1v) is 5.71. The zero-order valence-corrected chi connectivity index (χ0v) is 10.4. The predicted molar refractivity (Wildman–Crippen MR) is 67.0 cm³/mol. The zero-order chi connectivity index (χ0) is 13.1. The van der Waals surface area contributed by atoms with Crippen LogP contribution in [-0.2, 0) is 4.79 Å². The number of aryl methyl sites for hydroxylation is 1. The van der Waals surface area contributed by atoms with Crippen LogP contribution < -0.4 is 5.32 Å². The minimum atomic E-state index is -1.41. The third kappa shape index (κ3) is 3.20. The van der Waals surface area contributed by atoms with Crippen LogP contribution in [0, 0.1) is 6.92 Å². The normalized spacial score (nSPS) is 14.1. The Morgan fingerprint density at radius 1 is 1.47 bits per heavy atom. The Bertz CT molecular complexity index is 413. The van der Waals surface area contributed by atoms with E-state index in [0.29, 0.717) is 24.1 Å². The minimum Gasteiger partial charge on any atom is -0.505 e. The van der Waals surface area contributed by atoms with E-state index in [9.17, 15) is 15.0 Å². The molecule has 17 heavy (non-hydrogen) atoms. The van der Waals surface area contributed by atoms with E-state index >= 15 is 0 Å². The van der Waals surface area contributed by atoms with Crippen LogP contribution in [0.25, 0.3) is 0 Å². The number of hydrogen-bond donors (Lipinski definition) is 3. The van der Waals surface area contributed by atoms with E-state index in [2.05, 4.69) is 5.32 Å². The molecule has 0 spiro atoms. The van der Waals surface area contributed by atoms with Gasteiger partial charge in [-0.1, -0.05) is 25.5 Å². The summed E-state index contributed by atoms with van der Waals surface area (Å²) in [5, 5.41) is 22.2. The van der Waals surface area contributed by atoms with Crippen molar-refractivity contribution in [1.29, 1.82) is 0 Å². The van der Waals surface area contributed by atoms with Crippen LogP contribution in [-0.4, -0.2) is 21.7 Å². The van der Waals surface area contributed by atoms with Crippen molar-refractivity contribution in [2.75, 3.05) is 5.32 Å². The number of phenols is 1. The van der Waals surface area contributed by atoms with Gasteiger partial charge in [-0.3, -0.25) is 4.79 Å². The van der Waals surface area contributed by atoms with Crippen molar-refractivity contribution in [1.82, 2.24) is 0 Å². The summed E-state index contributed by atoms with van der Waals surface area (Å²) in [7, 11) is 0. The second-order valence-electron chi connectivity index (χ2n) is 4.45. The molecule has 0 aliphatic rings. The predicted octanol–water partition coefficient (Wildman–Crippen LogP) is 2.19. The third-order valence-corrected chi connectivity index (χ3v) is 2.71. The summed E-state index contributed by atoms with van der Waals surface area (Å²) in [6, 6.07) is 5.08. The number of amides is 1. The summed E-state index contributed by atoms with van der Waals surface area (Å²) >= 11 is 0. The van der Waals surface area contributed by atoms with Crippen molar-refractivity contribution in [2.45, 2.75) is 39.2 Å². The largest absolute Gasteiger partial charge is 0.505 e. The van der Waals surface area contributed by atoms with Crippen molar-refractivity contribution in [3.8, 4) is 5.75 Å². The van der Waals surface area contributed by atoms with Crippen molar-refractivity contribution >= 4 is 11.6 Å². The maximum Gasteiger partial charge on any atom is 0.256 e. The van der Waals surface area contributed by atoms with Gasteiger partial charge >= 0.3 is 0 Å². The minimum absolute atomic E-state index is 0.0353. The molecule has 0 aromatic heterocycles. The Kier molecular flexibility index (Phi) is 4.12. The van der Waals surface area contributed by atoms with E-state index in [1.807, 2.05) is 6.92 Å². The number of nitrogens with one attached hydrogen (secondary N) is 1. The van der Waals surface area contributed by atoms with Gasteiger partial charge in [0.15, 0.2) is 0 Å². The number of carbonyl (C=O) groups excluding carboxylic acids is 1. The molecule has 0 saturated heterocycles. The molecule has 1 rings (SSSR count). The van der Waals surface area contributed by atoms with Crippen molar-refractivity contribution in [3.63, 3.8) is 0 Å². The number of aromatic hydroxyl groups is 1. The van der Waals surface area contributed by atoms with Gasteiger partial charge in [-0.05, 0) is 31.9 Å². The van der Waals surface area contributed by atoms with Crippen LogP contribution in [0.4, 0.5) is 5.69 Å². The van der Waals surface area contributed by atoms with Crippen LogP contribution in [0.1, 0.15) is 32.3 Å². The molecule has 1 aromatic carbocycles. The molecule has 94 valence electrons. The Labute approximate surface area is 101 Å². The summed E-state index contributed by atoms with van der Waals surface area (Å²) in [6.07, 6.45) is 1.09. The number of carbonyl (C=O) groups is 1. The van der Waals surface area contributed by atoms with Crippen molar-refractivity contribution in [2.24, 2.45) is 0 Å². The third-order valence-electron chi connectivity index (χ3n) is 2.71. The maximum atomic E-state index is 11.8. The molecule has 4 nitrogen and oxygen atoms in total. The average molecular weight is 237 g/mol. The fraction of sp³-hybridized carbons (Fsp3) is 0.462. The summed E-state index contributed by atoms with van der Waals surface area (Å²) in [5.74, 6) is -0.464. The standard InChI is InChI=1S/C13H19NO3/c1-4-8-13(3,17)12(16)14-10-7-5-6-9(2)11(10)15/h5-7,15,17H,4,8H2,1-3H3,(H,14,16)/t13-/m1/s1. The van der Waals surface area contributed by atoms with Crippen LogP contribution in [0.3, 0.4) is 0 Å². The first kappa shape index (κ1) is 13.5. The summed E-state index contributed by atoms with van der Waals surface area (Å²) in [6.45, 7) is 5.11. The molecule has 4 heteroatoms. The second kappa shape index (κ2) is 5.19. The van der Waals surface area contributed by atoms with Gasteiger partial charge in [-0.15, -0.1) is 0 Å². The van der Waals surface area contributed by atoms with Crippen LogP contribution in [0.2, 0.25) is 0 Å². The van der Waals surface area contributed by atoms with E-state index in [-0.39, 0.29) is 5.75 Å². The Morgan fingerprint density at radius 2 is 2.12 bits per heavy atom. The number of anilines is 1.